The van der Waals surface area contributed by atoms with Crippen LogP contribution in [0.5, 0.6) is 0 Å². The van der Waals surface area contributed by atoms with Crippen LogP contribution >= 0.6 is 0 Å². The predicted molar refractivity (Wildman–Crippen MR) is 70.6 cm³/mol. The van der Waals surface area contributed by atoms with E-state index in [9.17, 15) is 9.90 Å². The lowest BCUT2D eigenvalue weighted by atomic mass is 9.93. The SMILES string of the molecule is CC(C)(C)OC(=O)N1CCCC(C(O)CN=[N+]=[N-])C1. The van der Waals surface area contributed by atoms with Gasteiger partial charge in [0, 0.05) is 23.9 Å². The van der Waals surface area contributed by atoms with E-state index in [1.807, 2.05) is 20.8 Å². The van der Waals surface area contributed by atoms with Crippen LogP contribution in [-0.4, -0.2) is 47.4 Å². The van der Waals surface area contributed by atoms with E-state index >= 15 is 0 Å². The first kappa shape index (κ1) is 15.6. The quantitative estimate of drug-likeness (QED) is 0.484. The zero-order chi connectivity index (χ0) is 14.5. The van der Waals surface area contributed by atoms with Crippen LogP contribution in [0.2, 0.25) is 0 Å². The average Bonchev–Trinajstić information content (AvgIpc) is 2.34. The molecule has 0 aromatic heterocycles. The van der Waals surface area contributed by atoms with Crippen molar-refractivity contribution in [2.24, 2.45) is 11.0 Å². The monoisotopic (exact) mass is 270 g/mol. The van der Waals surface area contributed by atoms with Crippen molar-refractivity contribution >= 4 is 6.09 Å². The molecule has 1 aliphatic heterocycles. The molecule has 0 aromatic carbocycles. The van der Waals surface area contributed by atoms with Crippen molar-refractivity contribution in [3.8, 4) is 0 Å². The van der Waals surface area contributed by atoms with Gasteiger partial charge in [0.2, 0.25) is 0 Å². The zero-order valence-corrected chi connectivity index (χ0v) is 11.7. The van der Waals surface area contributed by atoms with E-state index in [2.05, 4.69) is 10.0 Å². The third-order valence-corrected chi connectivity index (χ3v) is 2.99. The molecule has 1 rings (SSSR count). The van der Waals surface area contributed by atoms with Crippen molar-refractivity contribution < 1.29 is 14.6 Å². The number of aliphatic hydroxyl groups excluding tert-OH is 1. The van der Waals surface area contributed by atoms with Crippen LogP contribution in [0.25, 0.3) is 10.4 Å². The van der Waals surface area contributed by atoms with Gasteiger partial charge in [0.1, 0.15) is 5.60 Å². The normalized spacial score (nSPS) is 21.5. The van der Waals surface area contributed by atoms with Gasteiger partial charge in [-0.1, -0.05) is 5.11 Å². The van der Waals surface area contributed by atoms with Gasteiger partial charge in [-0.2, -0.15) is 0 Å². The standard InChI is InChI=1S/C12H22N4O3/c1-12(2,3)19-11(18)16-6-4-5-9(8-16)10(17)7-14-15-13/h9-10,17H,4-8H2,1-3H3. The Hall–Kier alpha value is -1.46. The number of likely N-dealkylation sites (tertiary alicyclic amines) is 1. The number of hydrogen-bond donors (Lipinski definition) is 1. The average molecular weight is 270 g/mol. The molecule has 0 bridgehead atoms. The first-order chi connectivity index (χ1) is 8.83. The molecular weight excluding hydrogens is 248 g/mol. The van der Waals surface area contributed by atoms with E-state index in [1.54, 1.807) is 4.90 Å². The molecule has 7 heteroatoms. The Morgan fingerprint density at radius 2 is 2.32 bits per heavy atom. The molecule has 7 nitrogen and oxygen atoms in total. The summed E-state index contributed by atoms with van der Waals surface area (Å²) in [6.45, 7) is 6.59. The van der Waals surface area contributed by atoms with Crippen LogP contribution in [0.3, 0.4) is 0 Å². The maximum absolute atomic E-state index is 11.9. The predicted octanol–water partition coefficient (Wildman–Crippen LogP) is 2.30. The number of azide groups is 1. The molecule has 1 fully saturated rings. The molecule has 1 heterocycles. The lowest BCUT2D eigenvalue weighted by Gasteiger charge is -2.35. The van der Waals surface area contributed by atoms with E-state index in [-0.39, 0.29) is 18.6 Å². The molecule has 1 saturated heterocycles. The number of rotatable bonds is 3. The second-order valence-corrected chi connectivity index (χ2v) is 5.81. The molecule has 0 radical (unpaired) electrons. The highest BCUT2D eigenvalue weighted by Crippen LogP contribution is 2.22. The summed E-state index contributed by atoms with van der Waals surface area (Å²) in [7, 11) is 0. The van der Waals surface area contributed by atoms with Gasteiger partial charge in [-0.3, -0.25) is 0 Å². The van der Waals surface area contributed by atoms with E-state index in [0.717, 1.165) is 12.8 Å². The fraction of sp³-hybridized carbons (Fsp3) is 0.917. The summed E-state index contributed by atoms with van der Waals surface area (Å²) < 4.78 is 5.31. The lowest BCUT2D eigenvalue weighted by molar-refractivity contribution is 0.00417. The molecule has 108 valence electrons. The van der Waals surface area contributed by atoms with Gasteiger partial charge in [-0.25, -0.2) is 4.79 Å². The lowest BCUT2D eigenvalue weighted by Crippen LogP contribution is -2.46. The second kappa shape index (κ2) is 6.63. The van der Waals surface area contributed by atoms with Crippen LogP contribution in [0.15, 0.2) is 5.11 Å². The Morgan fingerprint density at radius 3 is 2.89 bits per heavy atom. The summed E-state index contributed by atoms with van der Waals surface area (Å²) in [5, 5.41) is 13.3. The van der Waals surface area contributed by atoms with Gasteiger partial charge in [-0.05, 0) is 39.1 Å². The fourth-order valence-electron chi connectivity index (χ4n) is 2.09. The van der Waals surface area contributed by atoms with Crippen molar-refractivity contribution in [2.45, 2.75) is 45.3 Å². The van der Waals surface area contributed by atoms with Gasteiger partial charge >= 0.3 is 6.09 Å². The molecule has 2 unspecified atom stereocenters. The summed E-state index contributed by atoms with van der Waals surface area (Å²) in [5.41, 5.74) is 7.72. The number of aliphatic hydroxyl groups is 1. The summed E-state index contributed by atoms with van der Waals surface area (Å²) >= 11 is 0. The van der Waals surface area contributed by atoms with Gasteiger partial charge < -0.3 is 14.7 Å². The highest BCUT2D eigenvalue weighted by Gasteiger charge is 2.30. The first-order valence-electron chi connectivity index (χ1n) is 6.50. The molecular formula is C12H22N4O3. The van der Waals surface area contributed by atoms with Crippen LogP contribution in [0.1, 0.15) is 33.6 Å². The summed E-state index contributed by atoms with van der Waals surface area (Å²) in [6.07, 6.45) is 0.577. The van der Waals surface area contributed by atoms with E-state index < -0.39 is 11.7 Å². The molecule has 1 aliphatic rings. The highest BCUT2D eigenvalue weighted by atomic mass is 16.6. The number of ether oxygens (including phenoxy) is 1. The van der Waals surface area contributed by atoms with Gasteiger partial charge in [0.25, 0.3) is 0 Å². The van der Waals surface area contributed by atoms with Crippen molar-refractivity contribution in [1.29, 1.82) is 0 Å². The number of carbonyl (C=O) groups is 1. The van der Waals surface area contributed by atoms with E-state index in [0.29, 0.717) is 13.1 Å². The van der Waals surface area contributed by atoms with Crippen molar-refractivity contribution in [3.05, 3.63) is 10.4 Å². The molecule has 19 heavy (non-hydrogen) atoms. The third-order valence-electron chi connectivity index (χ3n) is 2.99. The Labute approximate surface area is 113 Å². The molecule has 0 saturated carbocycles. The second-order valence-electron chi connectivity index (χ2n) is 5.81. The number of amides is 1. The molecule has 0 spiro atoms. The van der Waals surface area contributed by atoms with Crippen molar-refractivity contribution in [3.63, 3.8) is 0 Å². The van der Waals surface area contributed by atoms with Crippen molar-refractivity contribution in [2.75, 3.05) is 19.6 Å². The minimum atomic E-state index is -0.707. The first-order valence-corrected chi connectivity index (χ1v) is 6.50. The van der Waals surface area contributed by atoms with Crippen LogP contribution in [0, 0.1) is 5.92 Å². The maximum atomic E-state index is 11.9. The van der Waals surface area contributed by atoms with E-state index in [4.69, 9.17) is 10.3 Å². The summed E-state index contributed by atoms with van der Waals surface area (Å²) in [4.78, 5) is 16.2. The van der Waals surface area contributed by atoms with Gasteiger partial charge in [-0.15, -0.1) is 0 Å². The van der Waals surface area contributed by atoms with Crippen molar-refractivity contribution in [1.82, 2.24) is 4.90 Å². The van der Waals surface area contributed by atoms with Gasteiger partial charge in [0.05, 0.1) is 12.6 Å². The number of hydrogen-bond acceptors (Lipinski definition) is 4. The minimum Gasteiger partial charge on any atom is -0.444 e. The zero-order valence-electron chi connectivity index (χ0n) is 11.7. The Morgan fingerprint density at radius 1 is 1.63 bits per heavy atom. The van der Waals surface area contributed by atoms with Crippen LogP contribution < -0.4 is 0 Å². The minimum absolute atomic E-state index is 0.0450. The molecule has 1 amide bonds. The topological polar surface area (TPSA) is 98.5 Å². The number of piperidine rings is 1. The summed E-state index contributed by atoms with van der Waals surface area (Å²) in [6, 6.07) is 0. The highest BCUT2D eigenvalue weighted by molar-refractivity contribution is 5.68. The van der Waals surface area contributed by atoms with E-state index in [1.165, 1.54) is 0 Å². The number of nitrogens with zero attached hydrogens (tertiary/aromatic N) is 4. The Balaban J connectivity index is 2.54. The Bertz CT molecular complexity index is 360. The maximum Gasteiger partial charge on any atom is 0.410 e. The largest absolute Gasteiger partial charge is 0.444 e. The van der Waals surface area contributed by atoms with Crippen LogP contribution in [-0.2, 0) is 4.74 Å². The Kier molecular flexibility index (Phi) is 5.44. The van der Waals surface area contributed by atoms with Gasteiger partial charge in [0.15, 0.2) is 0 Å². The smallest absolute Gasteiger partial charge is 0.410 e. The van der Waals surface area contributed by atoms with Crippen LogP contribution in [0.4, 0.5) is 4.79 Å². The number of carbonyl (C=O) groups excluding carboxylic acids is 1. The third kappa shape index (κ3) is 5.36. The molecule has 1 N–H and O–H groups in total. The molecule has 0 aromatic rings. The summed E-state index contributed by atoms with van der Waals surface area (Å²) in [5.74, 6) is -0.0632. The molecule has 0 aliphatic carbocycles. The fourth-order valence-corrected chi connectivity index (χ4v) is 2.09. The molecule has 2 atom stereocenters.